The van der Waals surface area contributed by atoms with Gasteiger partial charge in [-0.15, -0.1) is 0 Å². The number of amides is 2. The highest BCUT2D eigenvalue weighted by atomic mass is 16.3. The van der Waals surface area contributed by atoms with Crippen molar-refractivity contribution in [2.75, 3.05) is 39.3 Å². The van der Waals surface area contributed by atoms with Crippen molar-refractivity contribution < 1.29 is 14.7 Å². The Kier molecular flexibility index (Phi) is 7.41. The zero-order valence-electron chi connectivity index (χ0n) is 18.3. The van der Waals surface area contributed by atoms with E-state index in [1.54, 1.807) is 6.08 Å². The van der Waals surface area contributed by atoms with Crippen LogP contribution in [0.5, 0.6) is 0 Å². The Morgan fingerprint density at radius 1 is 1.10 bits per heavy atom. The van der Waals surface area contributed by atoms with Crippen LogP contribution in [-0.4, -0.2) is 72.1 Å². The summed E-state index contributed by atoms with van der Waals surface area (Å²) in [7, 11) is 0. The molecule has 6 nitrogen and oxygen atoms in total. The second kappa shape index (κ2) is 10.4. The molecule has 4 rings (SSSR count). The van der Waals surface area contributed by atoms with Gasteiger partial charge in [0.05, 0.1) is 12.0 Å². The molecule has 0 radical (unpaired) electrons. The number of aliphatic hydroxyl groups excluding tert-OH is 1. The highest BCUT2D eigenvalue weighted by Crippen LogP contribution is 2.28. The van der Waals surface area contributed by atoms with Gasteiger partial charge in [-0.2, -0.15) is 0 Å². The van der Waals surface area contributed by atoms with Gasteiger partial charge >= 0.3 is 0 Å². The first kappa shape index (κ1) is 22.0. The topological polar surface area (TPSA) is 72.9 Å². The van der Waals surface area contributed by atoms with Crippen LogP contribution in [0.2, 0.25) is 0 Å². The van der Waals surface area contributed by atoms with Gasteiger partial charge in [0.15, 0.2) is 0 Å². The lowest BCUT2D eigenvalue weighted by Gasteiger charge is -2.38. The molecule has 0 aromatic heterocycles. The molecule has 4 unspecified atom stereocenters. The van der Waals surface area contributed by atoms with E-state index in [1.807, 2.05) is 17.1 Å². The lowest BCUT2D eigenvalue weighted by molar-refractivity contribution is -0.126. The number of nitrogens with zero attached hydrogens (tertiary/aromatic N) is 2. The van der Waals surface area contributed by atoms with Crippen LogP contribution in [0.3, 0.4) is 0 Å². The molecule has 6 heteroatoms. The van der Waals surface area contributed by atoms with E-state index in [-0.39, 0.29) is 17.7 Å². The lowest BCUT2D eigenvalue weighted by Crippen LogP contribution is -2.44. The monoisotopic (exact) mass is 425 g/mol. The number of rotatable bonds is 7. The van der Waals surface area contributed by atoms with Gasteiger partial charge in [-0.25, -0.2) is 0 Å². The standard InChI is InChI=1S/C25H35N3O3/c29-23(18-27-16-12-19-5-1-2-6-22(19)17-27)11-13-26-24(30)20-7-9-21(10-8-20)25(31)28-14-3-4-15-28/h1-2,5-7,9-10,19-20,22-23,29H,3-4,8,11-18H2,(H,26,30). The average Bonchev–Trinajstić information content (AvgIpc) is 3.33. The third-order valence-corrected chi connectivity index (χ3v) is 6.95. The molecule has 0 saturated carbocycles. The van der Waals surface area contributed by atoms with E-state index in [9.17, 15) is 14.7 Å². The van der Waals surface area contributed by atoms with Crippen LogP contribution in [0, 0.1) is 17.8 Å². The third-order valence-electron chi connectivity index (χ3n) is 6.95. The molecule has 2 aliphatic heterocycles. The second-order valence-electron chi connectivity index (χ2n) is 9.24. The largest absolute Gasteiger partial charge is 0.392 e. The molecule has 2 aliphatic carbocycles. The molecule has 2 N–H and O–H groups in total. The Morgan fingerprint density at radius 2 is 1.87 bits per heavy atom. The number of β-amino-alcohol motifs (C(OH)–C–C–N with tert-alkyl or cyclic N) is 1. The molecule has 4 atom stereocenters. The number of aliphatic hydroxyl groups is 1. The van der Waals surface area contributed by atoms with Gasteiger partial charge in [-0.1, -0.05) is 42.5 Å². The second-order valence-corrected chi connectivity index (χ2v) is 9.24. The van der Waals surface area contributed by atoms with Crippen molar-refractivity contribution in [2.45, 2.75) is 38.2 Å². The Labute approximate surface area is 185 Å². The Hall–Kier alpha value is -2.18. The SMILES string of the molecule is O=C(NCCC(O)CN1CCC2C=CC=CC2C1)C1C=CC(C(=O)N2CCCC2)=CC1. The van der Waals surface area contributed by atoms with E-state index >= 15 is 0 Å². The maximum Gasteiger partial charge on any atom is 0.253 e. The van der Waals surface area contributed by atoms with E-state index in [0.717, 1.165) is 45.4 Å². The molecule has 2 fully saturated rings. The Balaban J connectivity index is 1.14. The number of allylic oxidation sites excluding steroid dienone is 4. The quantitative estimate of drug-likeness (QED) is 0.655. The van der Waals surface area contributed by atoms with Crippen molar-refractivity contribution in [3.05, 3.63) is 48.1 Å². The van der Waals surface area contributed by atoms with Crippen LogP contribution < -0.4 is 5.32 Å². The summed E-state index contributed by atoms with van der Waals surface area (Å²) in [5, 5.41) is 13.4. The molecule has 0 bridgehead atoms. The minimum absolute atomic E-state index is 0.0349. The number of fused-ring (bicyclic) bond motifs is 1. The number of hydrogen-bond acceptors (Lipinski definition) is 4. The van der Waals surface area contributed by atoms with E-state index < -0.39 is 6.10 Å². The summed E-state index contributed by atoms with van der Waals surface area (Å²) >= 11 is 0. The fraction of sp³-hybridized carbons (Fsp3) is 0.600. The van der Waals surface area contributed by atoms with Gasteiger partial charge in [-0.3, -0.25) is 9.59 Å². The normalized spacial score (nSPS) is 28.9. The molecule has 0 aromatic carbocycles. The fourth-order valence-corrected chi connectivity index (χ4v) is 5.05. The smallest absolute Gasteiger partial charge is 0.253 e. The number of likely N-dealkylation sites (tertiary alicyclic amines) is 2. The lowest BCUT2D eigenvalue weighted by atomic mass is 9.82. The summed E-state index contributed by atoms with van der Waals surface area (Å²) in [5.41, 5.74) is 0.702. The van der Waals surface area contributed by atoms with Gasteiger partial charge in [0.1, 0.15) is 0 Å². The molecule has 2 heterocycles. The highest BCUT2D eigenvalue weighted by molar-refractivity contribution is 5.97. The molecule has 0 spiro atoms. The van der Waals surface area contributed by atoms with Gasteiger partial charge < -0.3 is 20.2 Å². The van der Waals surface area contributed by atoms with Gasteiger partial charge in [-0.05, 0) is 50.5 Å². The predicted molar refractivity (Wildman–Crippen MR) is 121 cm³/mol. The van der Waals surface area contributed by atoms with Crippen LogP contribution in [0.1, 0.15) is 32.1 Å². The van der Waals surface area contributed by atoms with Crippen LogP contribution >= 0.6 is 0 Å². The molecule has 2 saturated heterocycles. The number of carbonyl (C=O) groups excluding carboxylic acids is 2. The summed E-state index contributed by atoms with van der Waals surface area (Å²) in [6, 6.07) is 0. The summed E-state index contributed by atoms with van der Waals surface area (Å²) in [6.07, 6.45) is 18.3. The molecular weight excluding hydrogens is 390 g/mol. The van der Waals surface area contributed by atoms with Gasteiger partial charge in [0.2, 0.25) is 5.91 Å². The Morgan fingerprint density at radius 3 is 2.61 bits per heavy atom. The number of piperidine rings is 1. The average molecular weight is 426 g/mol. The van der Waals surface area contributed by atoms with Crippen LogP contribution in [0.25, 0.3) is 0 Å². The first-order valence-corrected chi connectivity index (χ1v) is 11.8. The van der Waals surface area contributed by atoms with Crippen LogP contribution in [0.15, 0.2) is 48.1 Å². The van der Waals surface area contributed by atoms with Crippen LogP contribution in [-0.2, 0) is 9.59 Å². The molecule has 31 heavy (non-hydrogen) atoms. The predicted octanol–water partition coefficient (Wildman–Crippen LogP) is 2.04. The van der Waals surface area contributed by atoms with Crippen molar-refractivity contribution in [1.82, 2.24) is 15.1 Å². The van der Waals surface area contributed by atoms with E-state index in [1.165, 1.54) is 0 Å². The fourth-order valence-electron chi connectivity index (χ4n) is 5.05. The molecule has 4 aliphatic rings. The number of nitrogens with one attached hydrogen (secondary N) is 1. The van der Waals surface area contributed by atoms with Crippen molar-refractivity contribution in [3.8, 4) is 0 Å². The summed E-state index contributed by atoms with van der Waals surface area (Å²) < 4.78 is 0. The van der Waals surface area contributed by atoms with E-state index in [2.05, 4.69) is 34.5 Å². The number of carbonyl (C=O) groups is 2. The molecule has 2 amide bonds. The van der Waals surface area contributed by atoms with Crippen molar-refractivity contribution in [2.24, 2.45) is 17.8 Å². The summed E-state index contributed by atoms with van der Waals surface area (Å²) in [6.45, 7) is 4.80. The molecule has 168 valence electrons. The minimum Gasteiger partial charge on any atom is -0.392 e. The Bertz CT molecular complexity index is 779. The zero-order valence-corrected chi connectivity index (χ0v) is 18.3. The van der Waals surface area contributed by atoms with E-state index in [4.69, 9.17) is 0 Å². The third kappa shape index (κ3) is 5.74. The van der Waals surface area contributed by atoms with Crippen molar-refractivity contribution >= 4 is 11.8 Å². The minimum atomic E-state index is -0.438. The summed E-state index contributed by atoms with van der Waals surface area (Å²) in [5.74, 6) is 1.00. The number of hydrogen-bond donors (Lipinski definition) is 2. The van der Waals surface area contributed by atoms with Crippen molar-refractivity contribution in [3.63, 3.8) is 0 Å². The van der Waals surface area contributed by atoms with Crippen LogP contribution in [0.4, 0.5) is 0 Å². The molecular formula is C25H35N3O3. The first-order valence-electron chi connectivity index (χ1n) is 11.8. The maximum absolute atomic E-state index is 12.5. The summed E-state index contributed by atoms with van der Waals surface area (Å²) in [4.78, 5) is 29.1. The van der Waals surface area contributed by atoms with E-state index in [0.29, 0.717) is 43.3 Å². The van der Waals surface area contributed by atoms with Gasteiger partial charge in [0.25, 0.3) is 5.91 Å². The zero-order chi connectivity index (χ0) is 21.6. The first-order chi connectivity index (χ1) is 15.1. The van der Waals surface area contributed by atoms with Crippen molar-refractivity contribution in [1.29, 1.82) is 0 Å². The molecule has 0 aromatic rings. The van der Waals surface area contributed by atoms with Gasteiger partial charge in [0, 0.05) is 38.3 Å². The highest BCUT2D eigenvalue weighted by Gasteiger charge is 2.28. The maximum atomic E-state index is 12.5.